The van der Waals surface area contributed by atoms with Crippen molar-refractivity contribution >= 4 is 5.97 Å². The molecule has 0 saturated carbocycles. The van der Waals surface area contributed by atoms with Gasteiger partial charge in [-0.1, -0.05) is 6.42 Å². The summed E-state index contributed by atoms with van der Waals surface area (Å²) in [6, 6.07) is 3.49. The molecule has 0 amide bonds. The Morgan fingerprint density at radius 1 is 0.962 bits per heavy atom. The van der Waals surface area contributed by atoms with Crippen LogP contribution in [0, 0.1) is 6.92 Å². The number of carbonyl (C=O) groups is 1. The number of ether oxygens (including phenoxy) is 5. The SMILES string of the molecule is COc1cc(C)c(C(=O)OC(C)CCCCCC(OC)OC)c(OC)c1. The molecule has 0 bridgehead atoms. The molecule has 1 unspecified atom stereocenters. The van der Waals surface area contributed by atoms with Crippen molar-refractivity contribution in [2.24, 2.45) is 0 Å². The molecule has 0 fully saturated rings. The molecule has 0 aliphatic heterocycles. The highest BCUT2D eigenvalue weighted by molar-refractivity contribution is 5.94. The first-order valence-corrected chi connectivity index (χ1v) is 8.96. The minimum Gasteiger partial charge on any atom is -0.497 e. The highest BCUT2D eigenvalue weighted by Crippen LogP contribution is 2.29. The summed E-state index contributed by atoms with van der Waals surface area (Å²) in [6.07, 6.45) is 4.41. The third kappa shape index (κ3) is 6.84. The molecule has 0 aromatic heterocycles. The van der Waals surface area contributed by atoms with Gasteiger partial charge in [-0.2, -0.15) is 0 Å². The Kier molecular flexibility index (Phi) is 10.1. The fourth-order valence-corrected chi connectivity index (χ4v) is 2.82. The van der Waals surface area contributed by atoms with Gasteiger partial charge in [-0.15, -0.1) is 0 Å². The molecular formula is C20H32O6. The minimum absolute atomic E-state index is 0.143. The van der Waals surface area contributed by atoms with Gasteiger partial charge in [0.25, 0.3) is 0 Å². The number of methoxy groups -OCH3 is 4. The molecule has 1 rings (SSSR count). The molecule has 0 N–H and O–H groups in total. The van der Waals surface area contributed by atoms with E-state index in [-0.39, 0.29) is 18.4 Å². The van der Waals surface area contributed by atoms with Crippen LogP contribution in [0.3, 0.4) is 0 Å². The fraction of sp³-hybridized carbons (Fsp3) is 0.650. The largest absolute Gasteiger partial charge is 0.497 e. The minimum atomic E-state index is -0.367. The number of esters is 1. The lowest BCUT2D eigenvalue weighted by Crippen LogP contribution is -2.17. The summed E-state index contributed by atoms with van der Waals surface area (Å²) in [4.78, 5) is 12.5. The number of unbranched alkanes of at least 4 members (excludes halogenated alkanes) is 2. The van der Waals surface area contributed by atoms with Gasteiger partial charge in [-0.25, -0.2) is 4.79 Å². The molecule has 0 heterocycles. The summed E-state index contributed by atoms with van der Waals surface area (Å²) in [5.41, 5.74) is 1.21. The van der Waals surface area contributed by atoms with Crippen LogP contribution in [0.1, 0.15) is 54.9 Å². The van der Waals surface area contributed by atoms with E-state index in [2.05, 4.69) is 0 Å². The molecule has 148 valence electrons. The van der Waals surface area contributed by atoms with E-state index in [0.717, 1.165) is 37.7 Å². The van der Waals surface area contributed by atoms with Gasteiger partial charge in [0.05, 0.1) is 20.3 Å². The summed E-state index contributed by atoms with van der Waals surface area (Å²) in [5, 5.41) is 0. The lowest BCUT2D eigenvalue weighted by molar-refractivity contribution is -0.107. The topological polar surface area (TPSA) is 63.2 Å². The second-order valence-corrected chi connectivity index (χ2v) is 6.28. The summed E-state index contributed by atoms with van der Waals surface area (Å²) >= 11 is 0. The maximum Gasteiger partial charge on any atom is 0.342 e. The van der Waals surface area contributed by atoms with Crippen LogP contribution in [-0.2, 0) is 14.2 Å². The number of hydrogen-bond donors (Lipinski definition) is 0. The lowest BCUT2D eigenvalue weighted by Gasteiger charge is -2.17. The van der Waals surface area contributed by atoms with Crippen LogP contribution in [0.25, 0.3) is 0 Å². The van der Waals surface area contributed by atoms with E-state index in [1.165, 1.54) is 7.11 Å². The van der Waals surface area contributed by atoms with Crippen LogP contribution in [0.5, 0.6) is 11.5 Å². The van der Waals surface area contributed by atoms with Gasteiger partial charge in [-0.3, -0.25) is 0 Å². The molecule has 26 heavy (non-hydrogen) atoms. The molecule has 0 saturated heterocycles. The van der Waals surface area contributed by atoms with Crippen molar-refractivity contribution in [2.75, 3.05) is 28.4 Å². The van der Waals surface area contributed by atoms with Gasteiger partial charge >= 0.3 is 5.97 Å². The number of carbonyl (C=O) groups excluding carboxylic acids is 1. The van der Waals surface area contributed by atoms with E-state index in [1.807, 2.05) is 13.8 Å². The second-order valence-electron chi connectivity index (χ2n) is 6.28. The van der Waals surface area contributed by atoms with Gasteiger partial charge in [0.2, 0.25) is 0 Å². The van der Waals surface area contributed by atoms with Crippen molar-refractivity contribution in [1.29, 1.82) is 0 Å². The van der Waals surface area contributed by atoms with E-state index in [9.17, 15) is 4.79 Å². The molecule has 6 nitrogen and oxygen atoms in total. The number of rotatable bonds is 12. The third-order valence-electron chi connectivity index (χ3n) is 4.32. The Morgan fingerprint density at radius 3 is 2.19 bits per heavy atom. The maximum absolute atomic E-state index is 12.5. The molecule has 0 aliphatic carbocycles. The summed E-state index contributed by atoms with van der Waals surface area (Å²) < 4.78 is 26.5. The first-order valence-electron chi connectivity index (χ1n) is 8.96. The van der Waals surface area contributed by atoms with Crippen molar-refractivity contribution in [3.05, 3.63) is 23.3 Å². The normalized spacial score (nSPS) is 12.1. The van der Waals surface area contributed by atoms with Crippen molar-refractivity contribution in [3.63, 3.8) is 0 Å². The van der Waals surface area contributed by atoms with Gasteiger partial charge in [0, 0.05) is 20.3 Å². The number of aryl methyl sites for hydroxylation is 1. The third-order valence-corrected chi connectivity index (χ3v) is 4.32. The zero-order valence-electron chi connectivity index (χ0n) is 16.8. The second kappa shape index (κ2) is 11.8. The van der Waals surface area contributed by atoms with Crippen LogP contribution in [0.4, 0.5) is 0 Å². The first-order chi connectivity index (χ1) is 12.5. The van der Waals surface area contributed by atoms with E-state index in [4.69, 9.17) is 23.7 Å². The van der Waals surface area contributed by atoms with E-state index in [0.29, 0.717) is 17.1 Å². The molecule has 0 radical (unpaired) electrons. The molecular weight excluding hydrogens is 336 g/mol. The fourth-order valence-electron chi connectivity index (χ4n) is 2.82. The zero-order chi connectivity index (χ0) is 19.5. The van der Waals surface area contributed by atoms with Crippen LogP contribution in [0.15, 0.2) is 12.1 Å². The molecule has 0 spiro atoms. The van der Waals surface area contributed by atoms with Gasteiger partial charge in [0.15, 0.2) is 6.29 Å². The zero-order valence-corrected chi connectivity index (χ0v) is 16.8. The van der Waals surface area contributed by atoms with Gasteiger partial charge in [0.1, 0.15) is 17.1 Å². The van der Waals surface area contributed by atoms with Crippen molar-refractivity contribution in [1.82, 2.24) is 0 Å². The molecule has 0 aliphatic rings. The average molecular weight is 368 g/mol. The summed E-state index contributed by atoms with van der Waals surface area (Å²) in [6.45, 7) is 3.75. The Labute approximate surface area is 156 Å². The van der Waals surface area contributed by atoms with Crippen LogP contribution < -0.4 is 9.47 Å². The van der Waals surface area contributed by atoms with Crippen LogP contribution in [0.2, 0.25) is 0 Å². The Hall–Kier alpha value is -1.79. The highest BCUT2D eigenvalue weighted by Gasteiger charge is 2.20. The van der Waals surface area contributed by atoms with Gasteiger partial charge in [-0.05, 0) is 51.2 Å². The summed E-state index contributed by atoms with van der Waals surface area (Å²) in [5.74, 6) is 0.743. The van der Waals surface area contributed by atoms with Crippen molar-refractivity contribution in [2.45, 2.75) is 58.3 Å². The Morgan fingerprint density at radius 2 is 1.62 bits per heavy atom. The van der Waals surface area contributed by atoms with Crippen molar-refractivity contribution < 1.29 is 28.5 Å². The predicted octanol–water partition coefficient (Wildman–Crippen LogP) is 4.13. The smallest absolute Gasteiger partial charge is 0.342 e. The Balaban J connectivity index is 2.50. The van der Waals surface area contributed by atoms with Gasteiger partial charge < -0.3 is 23.7 Å². The standard InChI is InChI=1S/C20H32O6/c1-14-12-16(22-3)13-17(23-4)19(14)20(21)26-15(2)10-8-7-9-11-18(24-5)25-6/h12-13,15,18H,7-11H2,1-6H3. The molecule has 1 atom stereocenters. The average Bonchev–Trinajstić information content (AvgIpc) is 2.63. The summed E-state index contributed by atoms with van der Waals surface area (Å²) in [7, 11) is 6.40. The van der Waals surface area contributed by atoms with E-state index < -0.39 is 0 Å². The quantitative estimate of drug-likeness (QED) is 0.314. The highest BCUT2D eigenvalue weighted by atomic mass is 16.7. The molecule has 6 heteroatoms. The predicted molar refractivity (Wildman–Crippen MR) is 100 cm³/mol. The van der Waals surface area contributed by atoms with E-state index in [1.54, 1.807) is 33.5 Å². The molecule has 1 aromatic rings. The lowest BCUT2D eigenvalue weighted by atomic mass is 10.1. The first kappa shape index (κ1) is 22.3. The Bertz CT molecular complexity index is 553. The monoisotopic (exact) mass is 368 g/mol. The molecule has 1 aromatic carbocycles. The van der Waals surface area contributed by atoms with Crippen LogP contribution >= 0.6 is 0 Å². The van der Waals surface area contributed by atoms with Crippen LogP contribution in [-0.4, -0.2) is 46.8 Å². The number of hydrogen-bond acceptors (Lipinski definition) is 6. The number of benzene rings is 1. The van der Waals surface area contributed by atoms with E-state index >= 15 is 0 Å². The van der Waals surface area contributed by atoms with Crippen molar-refractivity contribution in [3.8, 4) is 11.5 Å². The maximum atomic E-state index is 12.5.